The SMILES string of the molecule is C1CCOC1.c1ccoc1. The van der Waals surface area contributed by atoms with Gasteiger partial charge in [-0.05, 0) is 25.0 Å². The zero-order valence-corrected chi connectivity index (χ0v) is 5.95. The van der Waals surface area contributed by atoms with E-state index in [-0.39, 0.29) is 0 Å². The molecule has 56 valence electrons. The quantitative estimate of drug-likeness (QED) is 0.550. The Labute approximate surface area is 60.8 Å². The summed E-state index contributed by atoms with van der Waals surface area (Å²) in [5, 5.41) is 0. The summed E-state index contributed by atoms with van der Waals surface area (Å²) in [7, 11) is 0. The van der Waals surface area contributed by atoms with Crippen molar-refractivity contribution in [3.05, 3.63) is 24.7 Å². The minimum atomic E-state index is 1.00. The van der Waals surface area contributed by atoms with Crippen LogP contribution in [0.3, 0.4) is 0 Å². The molecule has 0 atom stereocenters. The maximum absolute atomic E-state index is 4.94. The third-order valence-corrected chi connectivity index (χ3v) is 1.25. The highest BCUT2D eigenvalue weighted by atomic mass is 16.5. The lowest BCUT2D eigenvalue weighted by Gasteiger charge is -1.76. The zero-order valence-electron chi connectivity index (χ0n) is 5.95. The molecule has 1 saturated heterocycles. The molecule has 0 bridgehead atoms. The molecule has 2 heterocycles. The number of furan rings is 1. The van der Waals surface area contributed by atoms with Gasteiger partial charge in [0.15, 0.2) is 0 Å². The fraction of sp³-hybridized carbons (Fsp3) is 0.500. The average molecular weight is 140 g/mol. The van der Waals surface area contributed by atoms with Crippen LogP contribution in [0.25, 0.3) is 0 Å². The Kier molecular flexibility index (Phi) is 3.72. The molecule has 1 aromatic rings. The highest BCUT2D eigenvalue weighted by molar-refractivity contribution is 4.79. The topological polar surface area (TPSA) is 22.4 Å². The predicted octanol–water partition coefficient (Wildman–Crippen LogP) is 2.08. The van der Waals surface area contributed by atoms with E-state index in [1.165, 1.54) is 12.8 Å². The third-order valence-electron chi connectivity index (χ3n) is 1.25. The van der Waals surface area contributed by atoms with E-state index < -0.39 is 0 Å². The Balaban J connectivity index is 0.0000001000. The number of rotatable bonds is 0. The van der Waals surface area contributed by atoms with Gasteiger partial charge in [0.1, 0.15) is 0 Å². The van der Waals surface area contributed by atoms with Crippen molar-refractivity contribution in [2.75, 3.05) is 13.2 Å². The van der Waals surface area contributed by atoms with E-state index in [0.29, 0.717) is 0 Å². The van der Waals surface area contributed by atoms with Crippen molar-refractivity contribution < 1.29 is 9.15 Å². The summed E-state index contributed by atoms with van der Waals surface area (Å²) in [6.45, 7) is 2.00. The van der Waals surface area contributed by atoms with Crippen LogP contribution in [0.2, 0.25) is 0 Å². The Morgan fingerprint density at radius 1 is 0.900 bits per heavy atom. The van der Waals surface area contributed by atoms with Crippen LogP contribution in [0.4, 0.5) is 0 Å². The molecular formula is C8H12O2. The number of hydrogen-bond acceptors (Lipinski definition) is 2. The van der Waals surface area contributed by atoms with Gasteiger partial charge in [0, 0.05) is 13.2 Å². The largest absolute Gasteiger partial charge is 0.473 e. The maximum atomic E-state index is 4.94. The van der Waals surface area contributed by atoms with Crippen LogP contribution < -0.4 is 0 Å². The second-order valence-electron chi connectivity index (χ2n) is 2.11. The van der Waals surface area contributed by atoms with Gasteiger partial charge in [-0.3, -0.25) is 0 Å². The second kappa shape index (κ2) is 5.06. The van der Waals surface area contributed by atoms with E-state index in [2.05, 4.69) is 4.42 Å². The molecule has 0 unspecified atom stereocenters. The lowest BCUT2D eigenvalue weighted by molar-refractivity contribution is 0.198. The maximum Gasteiger partial charge on any atom is 0.0902 e. The molecule has 0 spiro atoms. The minimum absolute atomic E-state index is 1.00. The van der Waals surface area contributed by atoms with Crippen LogP contribution >= 0.6 is 0 Å². The standard InChI is InChI=1S/C4H8O.C4H4O/c2*1-2-4-5-3-1/h1-4H2;1-4H. The van der Waals surface area contributed by atoms with Crippen LogP contribution in [0.1, 0.15) is 12.8 Å². The summed E-state index contributed by atoms with van der Waals surface area (Å²) in [5.74, 6) is 0. The normalized spacial score (nSPS) is 16.0. The molecular weight excluding hydrogens is 128 g/mol. The predicted molar refractivity (Wildman–Crippen MR) is 38.8 cm³/mol. The van der Waals surface area contributed by atoms with Crippen molar-refractivity contribution in [3.63, 3.8) is 0 Å². The van der Waals surface area contributed by atoms with Crippen molar-refractivity contribution in [1.29, 1.82) is 0 Å². The van der Waals surface area contributed by atoms with Gasteiger partial charge in [-0.25, -0.2) is 0 Å². The molecule has 0 aromatic carbocycles. The van der Waals surface area contributed by atoms with E-state index >= 15 is 0 Å². The van der Waals surface area contributed by atoms with E-state index in [1.54, 1.807) is 12.5 Å². The van der Waals surface area contributed by atoms with Crippen molar-refractivity contribution in [2.24, 2.45) is 0 Å². The lowest BCUT2D eigenvalue weighted by Crippen LogP contribution is -1.74. The Hall–Kier alpha value is -0.760. The first-order valence-electron chi connectivity index (χ1n) is 3.55. The molecule has 0 N–H and O–H groups in total. The molecule has 10 heavy (non-hydrogen) atoms. The smallest absolute Gasteiger partial charge is 0.0902 e. The van der Waals surface area contributed by atoms with Crippen LogP contribution in [0.5, 0.6) is 0 Å². The summed E-state index contributed by atoms with van der Waals surface area (Å²) < 4.78 is 9.53. The van der Waals surface area contributed by atoms with Crippen LogP contribution in [-0.4, -0.2) is 13.2 Å². The molecule has 2 nitrogen and oxygen atoms in total. The Bertz CT molecular complexity index is 106. The van der Waals surface area contributed by atoms with Gasteiger partial charge in [-0.1, -0.05) is 0 Å². The van der Waals surface area contributed by atoms with Gasteiger partial charge in [0.2, 0.25) is 0 Å². The van der Waals surface area contributed by atoms with Crippen LogP contribution in [0.15, 0.2) is 29.1 Å². The van der Waals surface area contributed by atoms with Gasteiger partial charge in [0.25, 0.3) is 0 Å². The molecule has 1 fully saturated rings. The molecule has 0 amide bonds. The fourth-order valence-electron chi connectivity index (χ4n) is 0.737. The Morgan fingerprint density at radius 2 is 1.50 bits per heavy atom. The Morgan fingerprint density at radius 3 is 1.70 bits per heavy atom. The average Bonchev–Trinajstić information content (AvgIpc) is 2.67. The van der Waals surface area contributed by atoms with Crippen LogP contribution in [-0.2, 0) is 4.74 Å². The highest BCUT2D eigenvalue weighted by Gasteiger charge is 1.94. The van der Waals surface area contributed by atoms with Gasteiger partial charge in [-0.2, -0.15) is 0 Å². The molecule has 1 aromatic heterocycles. The summed E-state index contributed by atoms with van der Waals surface area (Å²) in [4.78, 5) is 0. The monoisotopic (exact) mass is 140 g/mol. The first kappa shape index (κ1) is 7.35. The fourth-order valence-corrected chi connectivity index (χ4v) is 0.737. The molecule has 1 aliphatic heterocycles. The third kappa shape index (κ3) is 3.30. The molecule has 2 rings (SSSR count). The number of hydrogen-bond donors (Lipinski definition) is 0. The van der Waals surface area contributed by atoms with Gasteiger partial charge in [-0.15, -0.1) is 0 Å². The molecule has 2 heteroatoms. The number of ether oxygens (including phenoxy) is 1. The summed E-state index contributed by atoms with van der Waals surface area (Å²) in [6, 6.07) is 3.67. The van der Waals surface area contributed by atoms with Crippen LogP contribution in [0, 0.1) is 0 Å². The van der Waals surface area contributed by atoms with Gasteiger partial charge >= 0.3 is 0 Å². The first-order chi connectivity index (χ1) is 5.00. The zero-order chi connectivity index (χ0) is 7.07. The van der Waals surface area contributed by atoms with Crippen molar-refractivity contribution in [3.8, 4) is 0 Å². The molecule has 0 saturated carbocycles. The van der Waals surface area contributed by atoms with E-state index in [9.17, 15) is 0 Å². The molecule has 0 radical (unpaired) electrons. The van der Waals surface area contributed by atoms with E-state index in [0.717, 1.165) is 13.2 Å². The van der Waals surface area contributed by atoms with Gasteiger partial charge < -0.3 is 9.15 Å². The van der Waals surface area contributed by atoms with Crippen molar-refractivity contribution in [2.45, 2.75) is 12.8 Å². The van der Waals surface area contributed by atoms with Crippen molar-refractivity contribution in [1.82, 2.24) is 0 Å². The highest BCUT2D eigenvalue weighted by Crippen LogP contribution is 1.98. The minimum Gasteiger partial charge on any atom is -0.473 e. The van der Waals surface area contributed by atoms with E-state index in [4.69, 9.17) is 4.74 Å². The summed E-state index contributed by atoms with van der Waals surface area (Å²) >= 11 is 0. The van der Waals surface area contributed by atoms with E-state index in [1.807, 2.05) is 12.1 Å². The molecule has 0 aliphatic carbocycles. The first-order valence-corrected chi connectivity index (χ1v) is 3.55. The molecule has 1 aliphatic rings. The lowest BCUT2D eigenvalue weighted by atomic mass is 10.4. The second-order valence-corrected chi connectivity index (χ2v) is 2.11. The summed E-state index contributed by atoms with van der Waals surface area (Å²) in [6.07, 6.45) is 5.81. The summed E-state index contributed by atoms with van der Waals surface area (Å²) in [5.41, 5.74) is 0. The van der Waals surface area contributed by atoms with Crippen molar-refractivity contribution >= 4 is 0 Å². The van der Waals surface area contributed by atoms with Gasteiger partial charge in [0.05, 0.1) is 12.5 Å².